The van der Waals surface area contributed by atoms with Gasteiger partial charge in [0.15, 0.2) is 0 Å². The van der Waals surface area contributed by atoms with E-state index in [0.717, 1.165) is 18.9 Å². The first-order valence-corrected chi connectivity index (χ1v) is 6.76. The minimum atomic E-state index is -0.463. The van der Waals surface area contributed by atoms with Crippen LogP contribution in [0.25, 0.3) is 0 Å². The Balaban J connectivity index is 1.88. The van der Waals surface area contributed by atoms with Crippen LogP contribution in [0.3, 0.4) is 0 Å². The fourth-order valence-electron chi connectivity index (χ4n) is 1.93. The minimum absolute atomic E-state index is 0.0993. The number of anilines is 1. The Bertz CT molecular complexity index is 538. The molecule has 112 valence electrons. The molecule has 21 heavy (non-hydrogen) atoms. The van der Waals surface area contributed by atoms with Crippen LogP contribution in [-0.2, 0) is 9.59 Å². The van der Waals surface area contributed by atoms with Crippen LogP contribution in [0.15, 0.2) is 36.4 Å². The lowest BCUT2D eigenvalue weighted by Gasteiger charge is -2.19. The second-order valence-corrected chi connectivity index (χ2v) is 4.82. The zero-order chi connectivity index (χ0) is 15.2. The van der Waals surface area contributed by atoms with Gasteiger partial charge >= 0.3 is 0 Å². The predicted octanol–water partition coefficient (Wildman–Crippen LogP) is 1.30. The van der Waals surface area contributed by atoms with Crippen molar-refractivity contribution in [3.05, 3.63) is 42.2 Å². The number of carbonyl (C=O) groups is 2. The van der Waals surface area contributed by atoms with Crippen molar-refractivity contribution >= 4 is 17.5 Å². The maximum Gasteiger partial charge on any atom is 0.248 e. The van der Waals surface area contributed by atoms with Gasteiger partial charge in [0, 0.05) is 30.4 Å². The van der Waals surface area contributed by atoms with E-state index < -0.39 is 5.91 Å². The van der Waals surface area contributed by atoms with Crippen LogP contribution in [-0.4, -0.2) is 41.0 Å². The summed E-state index contributed by atoms with van der Waals surface area (Å²) in [6, 6.07) is 5.52. The zero-order valence-corrected chi connectivity index (χ0v) is 11.5. The topological polar surface area (TPSA) is 69.6 Å². The van der Waals surface area contributed by atoms with Crippen molar-refractivity contribution in [1.82, 2.24) is 4.90 Å². The number of aliphatic hydroxyl groups is 1. The highest BCUT2D eigenvalue weighted by Crippen LogP contribution is 2.26. The van der Waals surface area contributed by atoms with Gasteiger partial charge in [0.05, 0.1) is 6.61 Å². The lowest BCUT2D eigenvalue weighted by Crippen LogP contribution is -2.34. The third-order valence-electron chi connectivity index (χ3n) is 3.10. The van der Waals surface area contributed by atoms with E-state index in [1.165, 1.54) is 30.3 Å². The number of aliphatic hydroxyl groups excluding tert-OH is 1. The molecule has 1 aromatic rings. The first kappa shape index (κ1) is 15.2. The number of hydrogen-bond donors (Lipinski definition) is 2. The smallest absolute Gasteiger partial charge is 0.248 e. The summed E-state index contributed by atoms with van der Waals surface area (Å²) < 4.78 is 12.7. The maximum atomic E-state index is 12.7. The molecule has 0 unspecified atom stereocenters. The van der Waals surface area contributed by atoms with Gasteiger partial charge in [-0.05, 0) is 37.1 Å². The van der Waals surface area contributed by atoms with Crippen LogP contribution in [0.5, 0.6) is 0 Å². The van der Waals surface area contributed by atoms with E-state index in [9.17, 15) is 14.0 Å². The number of amides is 2. The van der Waals surface area contributed by atoms with Gasteiger partial charge in [-0.3, -0.25) is 9.59 Å². The Labute approximate surface area is 122 Å². The second kappa shape index (κ2) is 6.99. The molecular weight excluding hydrogens is 275 g/mol. The van der Waals surface area contributed by atoms with Crippen molar-refractivity contribution in [3.63, 3.8) is 0 Å². The third-order valence-corrected chi connectivity index (χ3v) is 3.10. The molecule has 1 aliphatic rings. The van der Waals surface area contributed by atoms with Crippen molar-refractivity contribution in [2.75, 3.05) is 18.5 Å². The van der Waals surface area contributed by atoms with Gasteiger partial charge in [-0.1, -0.05) is 0 Å². The molecule has 1 aromatic carbocycles. The molecule has 2 rings (SSSR count). The van der Waals surface area contributed by atoms with Gasteiger partial charge in [-0.25, -0.2) is 4.39 Å². The highest BCUT2D eigenvalue weighted by atomic mass is 19.1. The Hall–Kier alpha value is -2.21. The molecule has 0 aromatic heterocycles. The molecule has 5 nitrogen and oxygen atoms in total. The number of rotatable bonds is 6. The van der Waals surface area contributed by atoms with E-state index in [-0.39, 0.29) is 30.9 Å². The first-order valence-electron chi connectivity index (χ1n) is 6.76. The molecule has 0 heterocycles. The van der Waals surface area contributed by atoms with E-state index in [4.69, 9.17) is 5.11 Å². The standard InChI is InChI=1S/C15H17FN2O3/c16-11-1-3-12(4-2-11)17-14(20)7-8-15(21)18(9-10-19)13-5-6-13/h1-4,7-8,13,19H,5-6,9-10H2,(H,17,20)/b8-7+. The minimum Gasteiger partial charge on any atom is -0.395 e. The SMILES string of the molecule is O=C(/C=C/C(=O)N(CCO)C1CC1)Nc1ccc(F)cc1. The molecule has 0 aliphatic heterocycles. The summed E-state index contributed by atoms with van der Waals surface area (Å²) in [6.45, 7) is 0.172. The molecule has 0 spiro atoms. The number of carbonyl (C=O) groups excluding carboxylic acids is 2. The summed E-state index contributed by atoms with van der Waals surface area (Å²) in [7, 11) is 0. The summed E-state index contributed by atoms with van der Waals surface area (Å²) in [6.07, 6.45) is 4.19. The third kappa shape index (κ3) is 4.68. The van der Waals surface area contributed by atoms with Crippen LogP contribution in [0.2, 0.25) is 0 Å². The summed E-state index contributed by atoms with van der Waals surface area (Å²) in [5.74, 6) is -1.14. The van der Waals surface area contributed by atoms with Crippen molar-refractivity contribution in [2.45, 2.75) is 18.9 Å². The Morgan fingerprint density at radius 2 is 1.95 bits per heavy atom. The Morgan fingerprint density at radius 3 is 2.52 bits per heavy atom. The summed E-state index contributed by atoms with van der Waals surface area (Å²) in [5, 5.41) is 11.5. The van der Waals surface area contributed by atoms with Gasteiger partial charge in [-0.15, -0.1) is 0 Å². The van der Waals surface area contributed by atoms with Crippen molar-refractivity contribution in [3.8, 4) is 0 Å². The van der Waals surface area contributed by atoms with Crippen LogP contribution in [0.1, 0.15) is 12.8 Å². The molecule has 1 fully saturated rings. The molecule has 0 bridgehead atoms. The molecular formula is C15H17FN2O3. The zero-order valence-electron chi connectivity index (χ0n) is 11.5. The molecule has 0 radical (unpaired) electrons. The summed E-state index contributed by atoms with van der Waals surface area (Å²) in [4.78, 5) is 25.1. The predicted molar refractivity (Wildman–Crippen MR) is 76.0 cm³/mol. The van der Waals surface area contributed by atoms with Gasteiger partial charge in [-0.2, -0.15) is 0 Å². The van der Waals surface area contributed by atoms with E-state index in [2.05, 4.69) is 5.32 Å². The molecule has 0 atom stereocenters. The molecule has 6 heteroatoms. The van der Waals surface area contributed by atoms with Gasteiger partial charge in [0.1, 0.15) is 5.82 Å². The summed E-state index contributed by atoms with van der Waals surface area (Å²) >= 11 is 0. The van der Waals surface area contributed by atoms with E-state index in [1.807, 2.05) is 0 Å². The fraction of sp³-hybridized carbons (Fsp3) is 0.333. The maximum absolute atomic E-state index is 12.7. The number of benzene rings is 1. The highest BCUT2D eigenvalue weighted by molar-refractivity contribution is 6.03. The van der Waals surface area contributed by atoms with E-state index in [0.29, 0.717) is 5.69 Å². The first-order chi connectivity index (χ1) is 10.1. The summed E-state index contributed by atoms with van der Waals surface area (Å²) in [5.41, 5.74) is 0.452. The molecule has 1 saturated carbocycles. The Kier molecular flexibility index (Phi) is 5.05. The van der Waals surface area contributed by atoms with Gasteiger partial charge in [0.2, 0.25) is 11.8 Å². The van der Waals surface area contributed by atoms with Gasteiger partial charge < -0.3 is 15.3 Å². The number of nitrogens with zero attached hydrogens (tertiary/aromatic N) is 1. The monoisotopic (exact) mass is 292 g/mol. The number of nitrogens with one attached hydrogen (secondary N) is 1. The van der Waals surface area contributed by atoms with Gasteiger partial charge in [0.25, 0.3) is 0 Å². The quantitative estimate of drug-likeness (QED) is 0.777. The molecule has 2 N–H and O–H groups in total. The molecule has 2 amide bonds. The van der Waals surface area contributed by atoms with Crippen molar-refractivity contribution < 1.29 is 19.1 Å². The highest BCUT2D eigenvalue weighted by Gasteiger charge is 2.30. The lowest BCUT2D eigenvalue weighted by molar-refractivity contribution is -0.127. The average Bonchev–Trinajstić information content (AvgIpc) is 3.29. The fourth-order valence-corrected chi connectivity index (χ4v) is 1.93. The van der Waals surface area contributed by atoms with Crippen molar-refractivity contribution in [2.24, 2.45) is 0 Å². The van der Waals surface area contributed by atoms with Crippen LogP contribution >= 0.6 is 0 Å². The van der Waals surface area contributed by atoms with Crippen molar-refractivity contribution in [1.29, 1.82) is 0 Å². The van der Waals surface area contributed by atoms with E-state index in [1.54, 1.807) is 4.90 Å². The van der Waals surface area contributed by atoms with Crippen LogP contribution in [0, 0.1) is 5.82 Å². The normalized spacial score (nSPS) is 14.2. The van der Waals surface area contributed by atoms with Crippen LogP contribution in [0.4, 0.5) is 10.1 Å². The Morgan fingerprint density at radius 1 is 1.29 bits per heavy atom. The molecule has 1 aliphatic carbocycles. The average molecular weight is 292 g/mol. The van der Waals surface area contributed by atoms with E-state index >= 15 is 0 Å². The largest absolute Gasteiger partial charge is 0.395 e. The second-order valence-electron chi connectivity index (χ2n) is 4.82. The number of halogens is 1. The number of hydrogen-bond acceptors (Lipinski definition) is 3. The lowest BCUT2D eigenvalue weighted by atomic mass is 10.3. The van der Waals surface area contributed by atoms with Crippen LogP contribution < -0.4 is 5.32 Å². The molecule has 0 saturated heterocycles.